The summed E-state index contributed by atoms with van der Waals surface area (Å²) in [7, 11) is 0. The SMILES string of the molecule is O=Cc1ccncc1C=O. The first-order chi connectivity index (χ1) is 4.88. The predicted molar refractivity (Wildman–Crippen MR) is 35.0 cm³/mol. The predicted octanol–water partition coefficient (Wildman–Crippen LogP) is 0.707. The van der Waals surface area contributed by atoms with Crippen molar-refractivity contribution in [2.24, 2.45) is 0 Å². The zero-order valence-electron chi connectivity index (χ0n) is 5.15. The van der Waals surface area contributed by atoms with Crippen molar-refractivity contribution in [3.05, 3.63) is 29.6 Å². The monoisotopic (exact) mass is 135 g/mol. The molecule has 1 aromatic rings. The van der Waals surface area contributed by atoms with E-state index in [1.807, 2.05) is 0 Å². The van der Waals surface area contributed by atoms with E-state index in [2.05, 4.69) is 4.98 Å². The lowest BCUT2D eigenvalue weighted by molar-refractivity contribution is 0.109. The van der Waals surface area contributed by atoms with Gasteiger partial charge in [0.1, 0.15) is 0 Å². The molecule has 1 rings (SSSR count). The maximum Gasteiger partial charge on any atom is 0.152 e. The van der Waals surface area contributed by atoms with Crippen molar-refractivity contribution in [1.29, 1.82) is 0 Å². The number of aldehydes is 2. The number of pyridine rings is 1. The van der Waals surface area contributed by atoms with Gasteiger partial charge in [0.2, 0.25) is 0 Å². The van der Waals surface area contributed by atoms with Crippen LogP contribution in [0, 0.1) is 0 Å². The summed E-state index contributed by atoms with van der Waals surface area (Å²) in [6.45, 7) is 0. The summed E-state index contributed by atoms with van der Waals surface area (Å²) in [5.41, 5.74) is 0.711. The van der Waals surface area contributed by atoms with Gasteiger partial charge in [-0.25, -0.2) is 0 Å². The highest BCUT2D eigenvalue weighted by atomic mass is 16.1. The first-order valence-corrected chi connectivity index (χ1v) is 2.73. The fourth-order valence-corrected chi connectivity index (χ4v) is 0.623. The standard InChI is InChI=1S/C7H5NO2/c9-4-6-1-2-8-3-7(6)5-10/h1-5H. The normalized spacial score (nSPS) is 8.80. The van der Waals surface area contributed by atoms with Gasteiger partial charge in [0, 0.05) is 23.5 Å². The fourth-order valence-electron chi connectivity index (χ4n) is 0.623. The second-order valence-electron chi connectivity index (χ2n) is 1.74. The number of carbonyl (C=O) groups is 2. The van der Waals surface area contributed by atoms with Gasteiger partial charge < -0.3 is 0 Å². The lowest BCUT2D eigenvalue weighted by Crippen LogP contribution is -1.90. The first-order valence-electron chi connectivity index (χ1n) is 2.73. The number of rotatable bonds is 2. The number of hydrogen-bond acceptors (Lipinski definition) is 3. The molecule has 0 bridgehead atoms. The van der Waals surface area contributed by atoms with Crippen molar-refractivity contribution >= 4 is 12.6 Å². The van der Waals surface area contributed by atoms with Gasteiger partial charge >= 0.3 is 0 Å². The summed E-state index contributed by atoms with van der Waals surface area (Å²) in [5.74, 6) is 0. The molecule has 3 nitrogen and oxygen atoms in total. The van der Waals surface area contributed by atoms with Crippen molar-refractivity contribution in [3.63, 3.8) is 0 Å². The number of nitrogens with zero attached hydrogens (tertiary/aromatic N) is 1. The first kappa shape index (κ1) is 6.61. The van der Waals surface area contributed by atoms with Crippen molar-refractivity contribution < 1.29 is 9.59 Å². The Morgan fingerprint density at radius 3 is 2.40 bits per heavy atom. The van der Waals surface area contributed by atoms with Gasteiger partial charge in [0.25, 0.3) is 0 Å². The van der Waals surface area contributed by atoms with E-state index in [4.69, 9.17) is 0 Å². The van der Waals surface area contributed by atoms with Crippen LogP contribution in [-0.4, -0.2) is 17.6 Å². The summed E-state index contributed by atoms with van der Waals surface area (Å²) >= 11 is 0. The van der Waals surface area contributed by atoms with Gasteiger partial charge in [-0.2, -0.15) is 0 Å². The second-order valence-corrected chi connectivity index (χ2v) is 1.74. The largest absolute Gasteiger partial charge is 0.298 e. The molecule has 10 heavy (non-hydrogen) atoms. The van der Waals surface area contributed by atoms with Crippen LogP contribution in [0.5, 0.6) is 0 Å². The molecule has 0 N–H and O–H groups in total. The Hall–Kier alpha value is -1.51. The van der Waals surface area contributed by atoms with E-state index in [0.717, 1.165) is 0 Å². The molecule has 0 amide bonds. The van der Waals surface area contributed by atoms with Crippen molar-refractivity contribution in [1.82, 2.24) is 4.98 Å². The quantitative estimate of drug-likeness (QED) is 0.561. The Morgan fingerprint density at radius 2 is 1.90 bits per heavy atom. The molecule has 1 aromatic heterocycles. The van der Waals surface area contributed by atoms with Crippen LogP contribution < -0.4 is 0 Å². The highest BCUT2D eigenvalue weighted by Gasteiger charge is 1.96. The molecule has 0 aliphatic carbocycles. The molecule has 0 spiro atoms. The van der Waals surface area contributed by atoms with Gasteiger partial charge in [-0.3, -0.25) is 14.6 Å². The Morgan fingerprint density at radius 1 is 1.20 bits per heavy atom. The Kier molecular flexibility index (Phi) is 1.89. The summed E-state index contributed by atoms with van der Waals surface area (Å²) in [4.78, 5) is 24.1. The molecule has 0 aromatic carbocycles. The van der Waals surface area contributed by atoms with Crippen LogP contribution in [0.25, 0.3) is 0 Å². The van der Waals surface area contributed by atoms with E-state index in [9.17, 15) is 9.59 Å². The molecule has 0 atom stereocenters. The van der Waals surface area contributed by atoms with Crippen LogP contribution in [0.1, 0.15) is 20.7 Å². The highest BCUT2D eigenvalue weighted by Crippen LogP contribution is 1.98. The zero-order valence-corrected chi connectivity index (χ0v) is 5.15. The number of carbonyl (C=O) groups excluding carboxylic acids is 2. The summed E-state index contributed by atoms with van der Waals surface area (Å²) < 4.78 is 0. The molecule has 1 heterocycles. The van der Waals surface area contributed by atoms with Crippen LogP contribution in [0.2, 0.25) is 0 Å². The molecular formula is C7H5NO2. The van der Waals surface area contributed by atoms with E-state index in [-0.39, 0.29) is 0 Å². The maximum absolute atomic E-state index is 10.2. The minimum absolute atomic E-state index is 0.331. The Labute approximate surface area is 57.7 Å². The third-order valence-corrected chi connectivity index (χ3v) is 1.14. The molecular weight excluding hydrogens is 130 g/mol. The van der Waals surface area contributed by atoms with E-state index in [0.29, 0.717) is 23.7 Å². The topological polar surface area (TPSA) is 47.0 Å². The van der Waals surface area contributed by atoms with Gasteiger partial charge in [0.05, 0.1) is 0 Å². The zero-order chi connectivity index (χ0) is 7.40. The van der Waals surface area contributed by atoms with E-state index < -0.39 is 0 Å². The highest BCUT2D eigenvalue weighted by molar-refractivity contribution is 5.89. The second kappa shape index (κ2) is 2.87. The van der Waals surface area contributed by atoms with Gasteiger partial charge in [0.15, 0.2) is 12.6 Å². The Bertz CT molecular complexity index is 231. The van der Waals surface area contributed by atoms with Gasteiger partial charge in [-0.15, -0.1) is 0 Å². The van der Waals surface area contributed by atoms with Crippen LogP contribution in [0.3, 0.4) is 0 Å². The smallest absolute Gasteiger partial charge is 0.152 e. The average Bonchev–Trinajstić information content (AvgIpc) is 2.04. The van der Waals surface area contributed by atoms with Gasteiger partial charge in [-0.05, 0) is 6.07 Å². The van der Waals surface area contributed by atoms with Crippen molar-refractivity contribution in [3.8, 4) is 0 Å². The van der Waals surface area contributed by atoms with Crippen LogP contribution >= 0.6 is 0 Å². The lowest BCUT2D eigenvalue weighted by atomic mass is 10.2. The summed E-state index contributed by atoms with van der Waals surface area (Å²) in [6.07, 6.45) is 4.07. The number of hydrogen-bond donors (Lipinski definition) is 0. The van der Waals surface area contributed by atoms with Gasteiger partial charge in [-0.1, -0.05) is 0 Å². The summed E-state index contributed by atoms with van der Waals surface area (Å²) in [6, 6.07) is 1.50. The third kappa shape index (κ3) is 1.07. The van der Waals surface area contributed by atoms with E-state index in [1.54, 1.807) is 0 Å². The molecule has 0 fully saturated rings. The van der Waals surface area contributed by atoms with E-state index >= 15 is 0 Å². The molecule has 0 saturated heterocycles. The lowest BCUT2D eigenvalue weighted by Gasteiger charge is -1.90. The van der Waals surface area contributed by atoms with Crippen LogP contribution in [0.15, 0.2) is 18.5 Å². The molecule has 50 valence electrons. The molecule has 0 aliphatic heterocycles. The van der Waals surface area contributed by atoms with Crippen molar-refractivity contribution in [2.75, 3.05) is 0 Å². The maximum atomic E-state index is 10.2. The third-order valence-electron chi connectivity index (χ3n) is 1.14. The molecule has 0 radical (unpaired) electrons. The minimum Gasteiger partial charge on any atom is -0.298 e. The van der Waals surface area contributed by atoms with Crippen molar-refractivity contribution in [2.45, 2.75) is 0 Å². The molecule has 3 heteroatoms. The molecule has 0 saturated carbocycles. The van der Waals surface area contributed by atoms with Crippen LogP contribution in [0.4, 0.5) is 0 Å². The average molecular weight is 135 g/mol. The van der Waals surface area contributed by atoms with E-state index in [1.165, 1.54) is 18.5 Å². The number of aromatic nitrogens is 1. The van der Waals surface area contributed by atoms with Crippen LogP contribution in [-0.2, 0) is 0 Å². The summed E-state index contributed by atoms with van der Waals surface area (Å²) in [5, 5.41) is 0. The fraction of sp³-hybridized carbons (Fsp3) is 0. The molecule has 0 aliphatic rings. The Balaban J connectivity index is 3.20. The molecule has 0 unspecified atom stereocenters. The minimum atomic E-state index is 0.331.